The molecule has 0 saturated carbocycles. The maximum Gasteiger partial charge on any atom is 0.221 e. The molecule has 0 unspecified atom stereocenters. The molecule has 2 N–H and O–H groups in total. The summed E-state index contributed by atoms with van der Waals surface area (Å²) in [5.41, 5.74) is 1.04. The van der Waals surface area contributed by atoms with Gasteiger partial charge in [0.2, 0.25) is 5.91 Å². The fourth-order valence-electron chi connectivity index (χ4n) is 1.35. The van der Waals surface area contributed by atoms with Crippen molar-refractivity contribution in [3.63, 3.8) is 0 Å². The Balaban J connectivity index is 2.34. The molecule has 6 heteroatoms. The first kappa shape index (κ1) is 12.9. The van der Waals surface area contributed by atoms with Crippen LogP contribution in [0.4, 0.5) is 0 Å². The van der Waals surface area contributed by atoms with Gasteiger partial charge in [-0.15, -0.1) is 0 Å². The van der Waals surface area contributed by atoms with Crippen LogP contribution in [0.1, 0.15) is 12.1 Å². The lowest BCUT2D eigenvalue weighted by Gasteiger charge is -2.06. The number of aromatic nitrogens is 2. The highest BCUT2D eigenvalue weighted by molar-refractivity contribution is 7.71. The fourth-order valence-corrected chi connectivity index (χ4v) is 1.65. The van der Waals surface area contributed by atoms with Crippen molar-refractivity contribution in [3.05, 3.63) is 16.7 Å². The maximum absolute atomic E-state index is 11.4. The second kappa shape index (κ2) is 6.44. The zero-order valence-electron chi connectivity index (χ0n) is 9.58. The Bertz CT molecular complexity index is 397. The molecule has 1 aromatic rings. The van der Waals surface area contributed by atoms with E-state index in [4.69, 9.17) is 17.0 Å². The Morgan fingerprint density at radius 3 is 3.00 bits per heavy atom. The molecule has 1 heterocycles. The van der Waals surface area contributed by atoms with E-state index >= 15 is 0 Å². The fraction of sp³-hybridized carbons (Fsp3) is 0.600. The molecule has 0 spiro atoms. The molecule has 0 atom stereocenters. The van der Waals surface area contributed by atoms with Crippen molar-refractivity contribution in [2.24, 2.45) is 0 Å². The van der Waals surface area contributed by atoms with Gasteiger partial charge in [-0.2, -0.15) is 0 Å². The van der Waals surface area contributed by atoms with Crippen LogP contribution in [-0.4, -0.2) is 35.7 Å². The highest BCUT2D eigenvalue weighted by Crippen LogP contribution is 2.00. The van der Waals surface area contributed by atoms with Crippen LogP contribution in [0.15, 0.2) is 6.20 Å². The van der Waals surface area contributed by atoms with Gasteiger partial charge in [-0.25, -0.2) is 0 Å². The summed E-state index contributed by atoms with van der Waals surface area (Å²) in [6.07, 6.45) is 2.27. The van der Waals surface area contributed by atoms with E-state index in [2.05, 4.69) is 10.3 Å². The first-order valence-corrected chi connectivity index (χ1v) is 5.56. The lowest BCUT2D eigenvalue weighted by molar-refractivity contribution is -0.121. The van der Waals surface area contributed by atoms with E-state index in [1.54, 1.807) is 7.11 Å². The number of methoxy groups -OCH3 is 1. The number of amides is 1. The first-order valence-electron chi connectivity index (χ1n) is 5.15. The van der Waals surface area contributed by atoms with Crippen molar-refractivity contribution in [2.45, 2.75) is 19.9 Å². The van der Waals surface area contributed by atoms with E-state index in [1.807, 2.05) is 17.7 Å². The third-order valence-corrected chi connectivity index (χ3v) is 2.60. The molecule has 1 amide bonds. The van der Waals surface area contributed by atoms with Gasteiger partial charge in [-0.1, -0.05) is 0 Å². The number of ether oxygens (including phenoxy) is 1. The van der Waals surface area contributed by atoms with Crippen LogP contribution in [0.5, 0.6) is 0 Å². The predicted octanol–water partition coefficient (Wildman–Crippen LogP) is 1.01. The minimum Gasteiger partial charge on any atom is -0.383 e. The Morgan fingerprint density at radius 2 is 2.44 bits per heavy atom. The Kier molecular flexibility index (Phi) is 5.21. The summed E-state index contributed by atoms with van der Waals surface area (Å²) in [7, 11) is 1.61. The van der Waals surface area contributed by atoms with Gasteiger partial charge in [0.05, 0.1) is 6.61 Å². The highest BCUT2D eigenvalue weighted by atomic mass is 32.1. The molecule has 0 fully saturated rings. The number of carbonyl (C=O) groups excluding carboxylic acids is 1. The summed E-state index contributed by atoms with van der Waals surface area (Å²) >= 11 is 5.09. The molecule has 0 aliphatic carbocycles. The molecule has 1 aromatic heterocycles. The van der Waals surface area contributed by atoms with E-state index in [-0.39, 0.29) is 5.91 Å². The molecular formula is C10H17N3O2S. The number of nitrogens with one attached hydrogen (secondary N) is 2. The Morgan fingerprint density at radius 1 is 1.69 bits per heavy atom. The molecule has 0 radical (unpaired) electrons. The van der Waals surface area contributed by atoms with Gasteiger partial charge in [-0.3, -0.25) is 4.79 Å². The summed E-state index contributed by atoms with van der Waals surface area (Å²) in [6, 6.07) is 0. The van der Waals surface area contributed by atoms with Gasteiger partial charge < -0.3 is 19.6 Å². The van der Waals surface area contributed by atoms with Crippen molar-refractivity contribution >= 4 is 18.1 Å². The number of nitrogens with zero attached hydrogens (tertiary/aromatic N) is 1. The number of hydrogen-bond donors (Lipinski definition) is 2. The van der Waals surface area contributed by atoms with Gasteiger partial charge in [0.1, 0.15) is 0 Å². The average Bonchev–Trinajstić information content (AvgIpc) is 2.57. The standard InChI is InChI=1S/C10H17N3O2S/c1-8-7-12-10(16)13(8)5-3-9(14)11-4-6-15-2/h7H,3-6H2,1-2H3,(H,11,14)(H,12,16). The number of aryl methyl sites for hydroxylation is 1. The molecule has 0 bridgehead atoms. The lowest BCUT2D eigenvalue weighted by atomic mass is 10.4. The van der Waals surface area contributed by atoms with Crippen molar-refractivity contribution in [2.75, 3.05) is 20.3 Å². The summed E-state index contributed by atoms with van der Waals surface area (Å²) in [6.45, 7) is 3.64. The second-order valence-corrected chi connectivity index (χ2v) is 3.87. The number of aromatic amines is 1. The quantitative estimate of drug-likeness (QED) is 0.579. The number of H-pyrrole nitrogens is 1. The first-order chi connectivity index (χ1) is 7.65. The normalized spacial score (nSPS) is 10.4. The molecule has 5 nitrogen and oxygen atoms in total. The van der Waals surface area contributed by atoms with E-state index < -0.39 is 0 Å². The lowest BCUT2D eigenvalue weighted by Crippen LogP contribution is -2.27. The van der Waals surface area contributed by atoms with Gasteiger partial charge in [-0.05, 0) is 19.1 Å². The molecule has 0 aromatic carbocycles. The molecule has 0 aliphatic heterocycles. The highest BCUT2D eigenvalue weighted by Gasteiger charge is 2.03. The van der Waals surface area contributed by atoms with Crippen molar-refractivity contribution in [1.82, 2.24) is 14.9 Å². The molecule has 1 rings (SSSR count). The SMILES string of the molecule is COCCNC(=O)CCn1c(C)c[nH]c1=S. The number of carbonyl (C=O) groups is 1. The Labute approximate surface area is 99.8 Å². The minimum absolute atomic E-state index is 0.0135. The van der Waals surface area contributed by atoms with Crippen LogP contribution < -0.4 is 5.32 Å². The zero-order valence-corrected chi connectivity index (χ0v) is 10.4. The van der Waals surface area contributed by atoms with Crippen LogP contribution in [0.25, 0.3) is 0 Å². The van der Waals surface area contributed by atoms with Crippen molar-refractivity contribution < 1.29 is 9.53 Å². The van der Waals surface area contributed by atoms with Crippen LogP contribution in [0.2, 0.25) is 0 Å². The van der Waals surface area contributed by atoms with Gasteiger partial charge >= 0.3 is 0 Å². The zero-order chi connectivity index (χ0) is 12.0. The predicted molar refractivity (Wildman–Crippen MR) is 63.9 cm³/mol. The molecule has 16 heavy (non-hydrogen) atoms. The Hall–Kier alpha value is -1.14. The summed E-state index contributed by atoms with van der Waals surface area (Å²) in [4.78, 5) is 14.4. The molecule has 90 valence electrons. The smallest absolute Gasteiger partial charge is 0.221 e. The number of rotatable bonds is 6. The van der Waals surface area contributed by atoms with Crippen LogP contribution in [0.3, 0.4) is 0 Å². The van der Waals surface area contributed by atoms with E-state index in [9.17, 15) is 4.79 Å². The summed E-state index contributed by atoms with van der Waals surface area (Å²) in [5.74, 6) is 0.0135. The van der Waals surface area contributed by atoms with Crippen LogP contribution in [-0.2, 0) is 16.1 Å². The van der Waals surface area contributed by atoms with Gasteiger partial charge in [0.15, 0.2) is 4.77 Å². The van der Waals surface area contributed by atoms with Crippen LogP contribution in [0, 0.1) is 11.7 Å². The summed E-state index contributed by atoms with van der Waals surface area (Å²) < 4.78 is 7.40. The van der Waals surface area contributed by atoms with Crippen molar-refractivity contribution in [3.8, 4) is 0 Å². The van der Waals surface area contributed by atoms with E-state index in [0.717, 1.165) is 5.69 Å². The number of hydrogen-bond acceptors (Lipinski definition) is 3. The van der Waals surface area contributed by atoms with Gasteiger partial charge in [0, 0.05) is 38.5 Å². The minimum atomic E-state index is 0.0135. The van der Waals surface area contributed by atoms with Gasteiger partial charge in [0.25, 0.3) is 0 Å². The average molecular weight is 243 g/mol. The monoisotopic (exact) mass is 243 g/mol. The second-order valence-electron chi connectivity index (χ2n) is 3.48. The third kappa shape index (κ3) is 3.79. The largest absolute Gasteiger partial charge is 0.383 e. The molecular weight excluding hydrogens is 226 g/mol. The topological polar surface area (TPSA) is 59.0 Å². The third-order valence-electron chi connectivity index (χ3n) is 2.27. The van der Waals surface area contributed by atoms with Crippen LogP contribution >= 0.6 is 12.2 Å². The summed E-state index contributed by atoms with van der Waals surface area (Å²) in [5, 5.41) is 2.76. The molecule has 0 saturated heterocycles. The van der Waals surface area contributed by atoms with Crippen molar-refractivity contribution in [1.29, 1.82) is 0 Å². The maximum atomic E-state index is 11.4. The molecule has 0 aliphatic rings. The van der Waals surface area contributed by atoms with E-state index in [1.165, 1.54) is 0 Å². The van der Waals surface area contributed by atoms with E-state index in [0.29, 0.717) is 30.9 Å². The number of imidazole rings is 1.